The average molecular weight is 435 g/mol. The summed E-state index contributed by atoms with van der Waals surface area (Å²) in [6.07, 6.45) is 0. The van der Waals surface area contributed by atoms with E-state index in [1.807, 2.05) is 24.3 Å². The molecule has 2 rings (SSSR count). The van der Waals surface area contributed by atoms with Gasteiger partial charge in [0.05, 0.1) is 17.7 Å². The number of hydrogen-bond donors (Lipinski definition) is 1. The minimum Gasteiger partial charge on any atom is -0.495 e. The van der Waals surface area contributed by atoms with Gasteiger partial charge in [-0.05, 0) is 41.8 Å². The van der Waals surface area contributed by atoms with Crippen LogP contribution in [0.1, 0.15) is 39.2 Å². The number of benzene rings is 2. The lowest BCUT2D eigenvalue weighted by molar-refractivity contribution is -0.118. The Morgan fingerprint density at radius 1 is 1.07 bits per heavy atom. The van der Waals surface area contributed by atoms with Crippen molar-refractivity contribution >= 4 is 21.6 Å². The highest BCUT2D eigenvalue weighted by Gasteiger charge is 2.23. The van der Waals surface area contributed by atoms with Crippen LogP contribution >= 0.6 is 0 Å². The molecule has 1 N–H and O–H groups in total. The van der Waals surface area contributed by atoms with Gasteiger partial charge in [-0.2, -0.15) is 4.31 Å². The highest BCUT2D eigenvalue weighted by atomic mass is 32.2. The maximum Gasteiger partial charge on any atom is 0.262 e. The number of nitrogens with zero attached hydrogens (tertiary/aromatic N) is 1. The molecule has 0 aromatic heterocycles. The van der Waals surface area contributed by atoms with Crippen LogP contribution in [0.3, 0.4) is 0 Å². The maximum atomic E-state index is 12.8. The van der Waals surface area contributed by atoms with Gasteiger partial charge < -0.3 is 14.8 Å². The molecule has 2 aromatic carbocycles. The highest BCUT2D eigenvalue weighted by molar-refractivity contribution is 7.89. The molecule has 0 bridgehead atoms. The normalized spacial score (nSPS) is 11.6. The Morgan fingerprint density at radius 2 is 1.70 bits per heavy atom. The molecule has 0 heterocycles. The molecule has 0 saturated carbocycles. The van der Waals surface area contributed by atoms with Crippen LogP contribution in [0.15, 0.2) is 47.4 Å². The fraction of sp³-hybridized carbons (Fsp3) is 0.409. The lowest BCUT2D eigenvalue weighted by atomic mass is 10.0. The summed E-state index contributed by atoms with van der Waals surface area (Å²) >= 11 is 0. The van der Waals surface area contributed by atoms with E-state index in [2.05, 4.69) is 19.2 Å². The lowest BCUT2D eigenvalue weighted by Gasteiger charge is -2.19. The second kappa shape index (κ2) is 10.4. The molecular weight excluding hydrogens is 404 g/mol. The minimum absolute atomic E-state index is 0.0903. The number of anilines is 1. The van der Waals surface area contributed by atoms with Gasteiger partial charge in [0, 0.05) is 13.1 Å². The predicted octanol–water partition coefficient (Wildman–Crippen LogP) is 3.87. The molecule has 8 heteroatoms. The number of rotatable bonds is 10. The van der Waals surface area contributed by atoms with Gasteiger partial charge in [0.2, 0.25) is 10.0 Å². The van der Waals surface area contributed by atoms with E-state index in [9.17, 15) is 13.2 Å². The Hall–Kier alpha value is -2.58. The van der Waals surface area contributed by atoms with E-state index in [0.29, 0.717) is 30.5 Å². The summed E-state index contributed by atoms with van der Waals surface area (Å²) in [6, 6.07) is 12.0. The van der Waals surface area contributed by atoms with Crippen LogP contribution in [-0.4, -0.2) is 45.4 Å². The van der Waals surface area contributed by atoms with Crippen molar-refractivity contribution in [3.05, 3.63) is 48.0 Å². The molecule has 0 unspecified atom stereocenters. The van der Waals surface area contributed by atoms with Crippen LogP contribution < -0.4 is 14.8 Å². The first-order valence-corrected chi connectivity index (χ1v) is 11.4. The Bertz CT molecular complexity index is 952. The van der Waals surface area contributed by atoms with Gasteiger partial charge in [-0.3, -0.25) is 4.79 Å². The average Bonchev–Trinajstić information content (AvgIpc) is 2.73. The maximum absolute atomic E-state index is 12.8. The van der Waals surface area contributed by atoms with E-state index in [1.54, 1.807) is 13.8 Å². The van der Waals surface area contributed by atoms with Gasteiger partial charge in [-0.15, -0.1) is 0 Å². The van der Waals surface area contributed by atoms with Gasteiger partial charge in [0.1, 0.15) is 11.5 Å². The van der Waals surface area contributed by atoms with E-state index in [4.69, 9.17) is 9.47 Å². The number of amides is 1. The second-order valence-electron chi connectivity index (χ2n) is 7.01. The van der Waals surface area contributed by atoms with Crippen molar-refractivity contribution in [2.45, 2.75) is 38.5 Å². The predicted molar refractivity (Wildman–Crippen MR) is 118 cm³/mol. The van der Waals surface area contributed by atoms with Crippen molar-refractivity contribution in [3.8, 4) is 11.5 Å². The first-order chi connectivity index (χ1) is 14.2. The van der Waals surface area contributed by atoms with Crippen molar-refractivity contribution in [2.75, 3.05) is 32.1 Å². The molecule has 0 fully saturated rings. The Labute approximate surface area is 179 Å². The standard InChI is InChI=1S/C22H30N2O5S/c1-6-24(7-2)30(26,27)19-12-13-21(28-5)20(14-19)23-22(25)15-29-18-10-8-17(9-11-18)16(3)4/h8-14,16H,6-7,15H2,1-5H3,(H,23,25). The van der Waals surface area contributed by atoms with Crippen LogP contribution in [0, 0.1) is 0 Å². The smallest absolute Gasteiger partial charge is 0.262 e. The summed E-state index contributed by atoms with van der Waals surface area (Å²) in [5.41, 5.74) is 1.46. The highest BCUT2D eigenvalue weighted by Crippen LogP contribution is 2.29. The number of hydrogen-bond acceptors (Lipinski definition) is 5. The molecule has 2 aromatic rings. The van der Waals surface area contributed by atoms with Crippen LogP contribution in [0.2, 0.25) is 0 Å². The summed E-state index contributed by atoms with van der Waals surface area (Å²) in [4.78, 5) is 12.5. The van der Waals surface area contributed by atoms with Crippen LogP contribution in [0.25, 0.3) is 0 Å². The zero-order valence-electron chi connectivity index (χ0n) is 18.1. The fourth-order valence-electron chi connectivity index (χ4n) is 2.94. The summed E-state index contributed by atoms with van der Waals surface area (Å²) in [6.45, 7) is 8.26. The Morgan fingerprint density at radius 3 is 2.23 bits per heavy atom. The van der Waals surface area contributed by atoms with Gasteiger partial charge in [0.25, 0.3) is 5.91 Å². The van der Waals surface area contributed by atoms with E-state index in [-0.39, 0.29) is 17.2 Å². The number of nitrogens with one attached hydrogen (secondary N) is 1. The monoisotopic (exact) mass is 434 g/mol. The molecule has 0 spiro atoms. The third-order valence-electron chi connectivity index (χ3n) is 4.70. The number of carbonyl (C=O) groups is 1. The number of methoxy groups -OCH3 is 1. The number of carbonyl (C=O) groups excluding carboxylic acids is 1. The first kappa shape index (κ1) is 23.7. The van der Waals surface area contributed by atoms with Crippen LogP contribution in [-0.2, 0) is 14.8 Å². The Balaban J connectivity index is 2.13. The molecule has 0 aliphatic heterocycles. The van der Waals surface area contributed by atoms with Crippen LogP contribution in [0.4, 0.5) is 5.69 Å². The second-order valence-corrected chi connectivity index (χ2v) is 8.95. The minimum atomic E-state index is -3.66. The summed E-state index contributed by atoms with van der Waals surface area (Å²) in [5, 5.41) is 2.68. The summed E-state index contributed by atoms with van der Waals surface area (Å²) in [7, 11) is -2.20. The Kier molecular flexibility index (Phi) is 8.25. The lowest BCUT2D eigenvalue weighted by Crippen LogP contribution is -2.30. The molecule has 7 nitrogen and oxygen atoms in total. The largest absolute Gasteiger partial charge is 0.495 e. The van der Waals surface area contributed by atoms with E-state index < -0.39 is 15.9 Å². The topological polar surface area (TPSA) is 84.9 Å². The molecule has 164 valence electrons. The molecular formula is C22H30N2O5S. The van der Waals surface area contributed by atoms with E-state index >= 15 is 0 Å². The zero-order valence-corrected chi connectivity index (χ0v) is 19.0. The summed E-state index contributed by atoms with van der Waals surface area (Å²) in [5.74, 6) is 0.941. The number of sulfonamides is 1. The summed E-state index contributed by atoms with van der Waals surface area (Å²) < 4.78 is 37.7. The molecule has 0 aliphatic rings. The van der Waals surface area contributed by atoms with Crippen molar-refractivity contribution in [1.29, 1.82) is 0 Å². The first-order valence-electron chi connectivity index (χ1n) is 9.93. The number of ether oxygens (including phenoxy) is 2. The SMILES string of the molecule is CCN(CC)S(=O)(=O)c1ccc(OC)c(NC(=O)COc2ccc(C(C)C)cc2)c1. The van der Waals surface area contributed by atoms with E-state index in [0.717, 1.165) is 0 Å². The van der Waals surface area contributed by atoms with Gasteiger partial charge in [0.15, 0.2) is 6.61 Å². The molecule has 0 atom stereocenters. The quantitative estimate of drug-likeness (QED) is 0.614. The molecule has 0 aliphatic carbocycles. The zero-order chi connectivity index (χ0) is 22.3. The van der Waals surface area contributed by atoms with Gasteiger partial charge in [-0.1, -0.05) is 39.8 Å². The van der Waals surface area contributed by atoms with Crippen LogP contribution in [0.5, 0.6) is 11.5 Å². The van der Waals surface area contributed by atoms with Crippen molar-refractivity contribution < 1.29 is 22.7 Å². The van der Waals surface area contributed by atoms with E-state index in [1.165, 1.54) is 35.2 Å². The van der Waals surface area contributed by atoms with Crippen molar-refractivity contribution in [2.24, 2.45) is 0 Å². The third kappa shape index (κ3) is 5.73. The molecule has 30 heavy (non-hydrogen) atoms. The van der Waals surface area contributed by atoms with Gasteiger partial charge >= 0.3 is 0 Å². The molecule has 0 saturated heterocycles. The van der Waals surface area contributed by atoms with Gasteiger partial charge in [-0.25, -0.2) is 8.42 Å². The third-order valence-corrected chi connectivity index (χ3v) is 6.75. The fourth-order valence-corrected chi connectivity index (χ4v) is 4.43. The van der Waals surface area contributed by atoms with Crippen molar-refractivity contribution in [3.63, 3.8) is 0 Å². The van der Waals surface area contributed by atoms with Crippen molar-refractivity contribution in [1.82, 2.24) is 4.31 Å². The molecule has 0 radical (unpaired) electrons. The molecule has 1 amide bonds.